The van der Waals surface area contributed by atoms with Gasteiger partial charge in [0, 0.05) is 25.2 Å². The van der Waals surface area contributed by atoms with Gasteiger partial charge >= 0.3 is 0 Å². The number of halogens is 2. The van der Waals surface area contributed by atoms with E-state index in [-0.39, 0.29) is 5.78 Å². The topological polar surface area (TPSA) is 35.5 Å². The molecule has 0 fully saturated rings. The van der Waals surface area contributed by atoms with Crippen molar-refractivity contribution in [1.29, 1.82) is 0 Å². The molecule has 0 atom stereocenters. The van der Waals surface area contributed by atoms with Crippen LogP contribution in [-0.2, 0) is 0 Å². The summed E-state index contributed by atoms with van der Waals surface area (Å²) in [6, 6.07) is 10.8. The minimum atomic E-state index is -0.0763. The first-order valence-electron chi connectivity index (χ1n) is 5.78. The van der Waals surface area contributed by atoms with Crippen LogP contribution in [-0.4, -0.2) is 20.0 Å². The second-order valence-corrected chi connectivity index (χ2v) is 6.15. The van der Waals surface area contributed by atoms with Gasteiger partial charge < -0.3 is 9.47 Å². The maximum atomic E-state index is 12.6. The molecule has 0 N–H and O–H groups in total. The van der Waals surface area contributed by atoms with Crippen LogP contribution in [0.15, 0.2) is 40.9 Å². The van der Waals surface area contributed by atoms with Crippen molar-refractivity contribution < 1.29 is 14.3 Å². The molecule has 104 valence electrons. The molecule has 20 heavy (non-hydrogen) atoms. The van der Waals surface area contributed by atoms with E-state index in [1.807, 2.05) is 18.2 Å². The summed E-state index contributed by atoms with van der Waals surface area (Å²) < 4.78 is 12.2. The van der Waals surface area contributed by atoms with E-state index in [9.17, 15) is 4.79 Å². The number of carbonyl (C=O) groups is 1. The second kappa shape index (κ2) is 6.58. The summed E-state index contributed by atoms with van der Waals surface area (Å²) in [5.41, 5.74) is 1.15. The summed E-state index contributed by atoms with van der Waals surface area (Å²) in [6.45, 7) is 0. The lowest BCUT2D eigenvalue weighted by Crippen LogP contribution is -2.04. The summed E-state index contributed by atoms with van der Waals surface area (Å²) >= 11 is 5.59. The molecule has 0 radical (unpaired) electrons. The van der Waals surface area contributed by atoms with E-state index in [1.54, 1.807) is 32.4 Å². The molecule has 0 spiro atoms. The van der Waals surface area contributed by atoms with Crippen LogP contribution < -0.4 is 9.47 Å². The summed E-state index contributed by atoms with van der Waals surface area (Å²) in [4.78, 5) is 12.6. The van der Waals surface area contributed by atoms with Crippen molar-refractivity contribution >= 4 is 44.3 Å². The molecule has 2 aromatic rings. The van der Waals surface area contributed by atoms with E-state index in [0.29, 0.717) is 22.6 Å². The molecule has 2 aromatic carbocycles. The smallest absolute Gasteiger partial charge is 0.194 e. The maximum Gasteiger partial charge on any atom is 0.194 e. The largest absolute Gasteiger partial charge is 0.497 e. The average molecular weight is 447 g/mol. The minimum Gasteiger partial charge on any atom is -0.497 e. The van der Waals surface area contributed by atoms with E-state index in [0.717, 1.165) is 8.04 Å². The van der Waals surface area contributed by atoms with Crippen LogP contribution in [0.3, 0.4) is 0 Å². The van der Waals surface area contributed by atoms with Crippen LogP contribution in [0.2, 0.25) is 0 Å². The number of benzene rings is 2. The van der Waals surface area contributed by atoms with Crippen LogP contribution in [0, 0.1) is 3.57 Å². The van der Waals surface area contributed by atoms with Gasteiger partial charge in [-0.15, -0.1) is 0 Å². The van der Waals surface area contributed by atoms with Gasteiger partial charge in [-0.25, -0.2) is 0 Å². The molecule has 0 unspecified atom stereocenters. The van der Waals surface area contributed by atoms with Crippen LogP contribution in [0.5, 0.6) is 11.5 Å². The Kier molecular flexibility index (Phi) is 5.04. The average Bonchev–Trinajstić information content (AvgIpc) is 2.48. The highest BCUT2D eigenvalue weighted by atomic mass is 127. The number of methoxy groups -OCH3 is 2. The molecule has 0 heterocycles. The fourth-order valence-corrected chi connectivity index (χ4v) is 2.68. The monoisotopic (exact) mass is 446 g/mol. The lowest BCUT2D eigenvalue weighted by molar-refractivity contribution is 0.103. The van der Waals surface area contributed by atoms with E-state index < -0.39 is 0 Å². The van der Waals surface area contributed by atoms with Gasteiger partial charge in [-0.2, -0.15) is 0 Å². The Balaban J connectivity index is 2.50. The van der Waals surface area contributed by atoms with Gasteiger partial charge in [0.1, 0.15) is 11.5 Å². The fraction of sp³-hybridized carbons (Fsp3) is 0.133. The van der Waals surface area contributed by atoms with Gasteiger partial charge in [0.05, 0.1) is 14.2 Å². The number of ketones is 1. The number of hydrogen-bond acceptors (Lipinski definition) is 3. The van der Waals surface area contributed by atoms with Gasteiger partial charge in [0.2, 0.25) is 0 Å². The van der Waals surface area contributed by atoms with Crippen molar-refractivity contribution in [3.05, 3.63) is 55.6 Å². The highest BCUT2D eigenvalue weighted by Crippen LogP contribution is 2.27. The SMILES string of the molecule is COc1cc(OC)cc(C(=O)c2cc(I)ccc2Br)c1. The Hall–Kier alpha value is -1.08. The Bertz CT molecular complexity index is 633. The lowest BCUT2D eigenvalue weighted by Gasteiger charge is -2.09. The molecule has 3 nitrogen and oxygen atoms in total. The lowest BCUT2D eigenvalue weighted by atomic mass is 10.0. The third-order valence-corrected chi connectivity index (χ3v) is 4.15. The minimum absolute atomic E-state index is 0.0763. The summed E-state index contributed by atoms with van der Waals surface area (Å²) in [6.07, 6.45) is 0. The second-order valence-electron chi connectivity index (χ2n) is 4.05. The third kappa shape index (κ3) is 3.32. The third-order valence-electron chi connectivity index (χ3n) is 2.79. The molecule has 0 aliphatic rings. The molecule has 0 amide bonds. The molecular weight excluding hydrogens is 435 g/mol. The zero-order valence-electron chi connectivity index (χ0n) is 10.9. The van der Waals surface area contributed by atoms with Crippen LogP contribution in [0.25, 0.3) is 0 Å². The molecule has 0 bridgehead atoms. The zero-order chi connectivity index (χ0) is 14.7. The maximum absolute atomic E-state index is 12.6. The fourth-order valence-electron chi connectivity index (χ4n) is 1.77. The molecule has 0 aromatic heterocycles. The van der Waals surface area contributed by atoms with Gasteiger partial charge in [-0.05, 0) is 52.9 Å². The molecule has 2 rings (SSSR count). The predicted molar refractivity (Wildman–Crippen MR) is 89.8 cm³/mol. The number of rotatable bonds is 4. The van der Waals surface area contributed by atoms with Crippen molar-refractivity contribution in [3.8, 4) is 11.5 Å². The molecular formula is C15H12BrIO3. The quantitative estimate of drug-likeness (QED) is 0.518. The first kappa shape index (κ1) is 15.3. The van der Waals surface area contributed by atoms with E-state index >= 15 is 0 Å². The highest BCUT2D eigenvalue weighted by Gasteiger charge is 2.15. The molecule has 0 aliphatic heterocycles. The molecule has 0 saturated heterocycles. The molecule has 5 heteroatoms. The van der Waals surface area contributed by atoms with E-state index in [4.69, 9.17) is 9.47 Å². The first-order chi connectivity index (χ1) is 9.55. The Morgan fingerprint density at radius 1 is 1.05 bits per heavy atom. The predicted octanol–water partition coefficient (Wildman–Crippen LogP) is 4.30. The number of carbonyl (C=O) groups excluding carboxylic acids is 1. The summed E-state index contributed by atoms with van der Waals surface area (Å²) in [5, 5.41) is 0. The van der Waals surface area contributed by atoms with Crippen molar-refractivity contribution in [2.45, 2.75) is 0 Å². The van der Waals surface area contributed by atoms with Gasteiger partial charge in [0.25, 0.3) is 0 Å². The summed E-state index contributed by atoms with van der Waals surface area (Å²) in [5.74, 6) is 1.11. The Morgan fingerprint density at radius 2 is 1.65 bits per heavy atom. The van der Waals surface area contributed by atoms with E-state index in [2.05, 4.69) is 38.5 Å². The van der Waals surface area contributed by atoms with Crippen LogP contribution in [0.1, 0.15) is 15.9 Å². The van der Waals surface area contributed by atoms with E-state index in [1.165, 1.54) is 0 Å². The van der Waals surface area contributed by atoms with Crippen molar-refractivity contribution in [2.75, 3.05) is 14.2 Å². The number of ether oxygens (including phenoxy) is 2. The molecule has 0 saturated carbocycles. The van der Waals surface area contributed by atoms with Crippen LogP contribution in [0.4, 0.5) is 0 Å². The van der Waals surface area contributed by atoms with Crippen molar-refractivity contribution in [3.63, 3.8) is 0 Å². The van der Waals surface area contributed by atoms with Crippen molar-refractivity contribution in [1.82, 2.24) is 0 Å². The summed E-state index contributed by atoms with van der Waals surface area (Å²) in [7, 11) is 3.12. The molecule has 0 aliphatic carbocycles. The first-order valence-corrected chi connectivity index (χ1v) is 7.65. The number of hydrogen-bond donors (Lipinski definition) is 0. The van der Waals surface area contributed by atoms with Gasteiger partial charge in [-0.3, -0.25) is 4.79 Å². The van der Waals surface area contributed by atoms with Crippen LogP contribution >= 0.6 is 38.5 Å². The highest BCUT2D eigenvalue weighted by molar-refractivity contribution is 14.1. The normalized spacial score (nSPS) is 10.2. The van der Waals surface area contributed by atoms with Gasteiger partial charge in [0.15, 0.2) is 5.78 Å². The van der Waals surface area contributed by atoms with Gasteiger partial charge in [-0.1, -0.05) is 15.9 Å². The van der Waals surface area contributed by atoms with Crippen molar-refractivity contribution in [2.24, 2.45) is 0 Å². The Morgan fingerprint density at radius 3 is 2.20 bits per heavy atom. The standard InChI is InChI=1S/C15H12BrIO3/c1-19-11-5-9(6-12(8-11)20-2)15(18)13-7-10(17)3-4-14(13)16/h3-8H,1-2H3. The Labute approximate surface area is 139 Å². The zero-order valence-corrected chi connectivity index (χ0v) is 14.7.